The molecule has 0 aromatic carbocycles. The van der Waals surface area contributed by atoms with Crippen LogP contribution >= 0.6 is 11.3 Å². The molecule has 2 aliphatic carbocycles. The van der Waals surface area contributed by atoms with Crippen LogP contribution in [-0.4, -0.2) is 58.1 Å². The molecule has 2 bridgehead atoms. The molecule has 1 aromatic heterocycles. The molecule has 5 rings (SSSR count). The van der Waals surface area contributed by atoms with E-state index in [0.29, 0.717) is 18.4 Å². The van der Waals surface area contributed by atoms with E-state index in [1.54, 1.807) is 0 Å². The molecule has 2 aliphatic heterocycles. The molecule has 3 fully saturated rings. The maximum absolute atomic E-state index is 13.7. The number of hydrogen-bond acceptors (Lipinski definition) is 8. The van der Waals surface area contributed by atoms with Gasteiger partial charge in [-0.1, -0.05) is 13.8 Å². The fraction of sp³-hybridized carbons (Fsp3) is 0.682. The van der Waals surface area contributed by atoms with Crippen molar-refractivity contribution in [1.82, 2.24) is 9.62 Å². The van der Waals surface area contributed by atoms with Crippen LogP contribution in [0.2, 0.25) is 0 Å². The molecular formula is C22H30N4O6S3. The minimum atomic E-state index is -4.24. The van der Waals surface area contributed by atoms with Crippen molar-refractivity contribution in [3.63, 3.8) is 0 Å². The number of Topliss-reactive ketones (excluding diaryl/α,β-unsaturated/α-hetero) is 1. The van der Waals surface area contributed by atoms with Crippen molar-refractivity contribution in [3.05, 3.63) is 10.9 Å². The molecule has 1 aromatic rings. The number of amides is 1. The summed E-state index contributed by atoms with van der Waals surface area (Å²) in [6.45, 7) is 4.51. The molecule has 1 unspecified atom stereocenters. The van der Waals surface area contributed by atoms with Crippen molar-refractivity contribution in [2.24, 2.45) is 34.0 Å². The summed E-state index contributed by atoms with van der Waals surface area (Å²) in [7, 11) is -7.77. The number of hydrogen-bond donors (Lipinski definition) is 2. The number of rotatable bonds is 7. The van der Waals surface area contributed by atoms with Crippen molar-refractivity contribution in [3.8, 4) is 0 Å². The summed E-state index contributed by atoms with van der Waals surface area (Å²) in [5.74, 6) is -1.37. The smallest absolute Gasteiger partial charge is 0.287 e. The predicted octanol–water partition coefficient (Wildman–Crippen LogP) is 1.80. The van der Waals surface area contributed by atoms with Gasteiger partial charge in [-0.2, -0.15) is 8.42 Å². The predicted molar refractivity (Wildman–Crippen MR) is 132 cm³/mol. The topological polar surface area (TPSA) is 142 Å². The molecule has 10 nitrogen and oxygen atoms in total. The van der Waals surface area contributed by atoms with Gasteiger partial charge in [-0.3, -0.25) is 9.59 Å². The van der Waals surface area contributed by atoms with Crippen LogP contribution in [0.5, 0.6) is 0 Å². The second-order valence-corrected chi connectivity index (χ2v) is 14.7. The number of anilines is 1. The number of fused-ring (bicyclic) bond motifs is 6. The number of piperidine rings is 1. The van der Waals surface area contributed by atoms with Crippen molar-refractivity contribution >= 4 is 53.9 Å². The summed E-state index contributed by atoms with van der Waals surface area (Å²) in [6.07, 6.45) is 4.70. The van der Waals surface area contributed by atoms with Gasteiger partial charge in [0.05, 0.1) is 6.26 Å². The van der Waals surface area contributed by atoms with E-state index in [4.69, 9.17) is 0 Å². The summed E-state index contributed by atoms with van der Waals surface area (Å²) in [4.78, 5) is 29.1. The molecule has 2 saturated carbocycles. The van der Waals surface area contributed by atoms with Crippen LogP contribution in [-0.2, 0) is 36.2 Å². The highest BCUT2D eigenvalue weighted by atomic mass is 32.2. The first-order chi connectivity index (χ1) is 16.4. The summed E-state index contributed by atoms with van der Waals surface area (Å²) < 4.78 is 55.5. The van der Waals surface area contributed by atoms with Crippen molar-refractivity contribution < 1.29 is 26.4 Å². The highest BCUT2D eigenvalue weighted by Gasteiger charge is 2.60. The Morgan fingerprint density at radius 3 is 2.66 bits per heavy atom. The highest BCUT2D eigenvalue weighted by molar-refractivity contribution is 7.91. The monoisotopic (exact) mass is 542 g/mol. The lowest BCUT2D eigenvalue weighted by atomic mass is 9.73. The summed E-state index contributed by atoms with van der Waals surface area (Å²) in [6, 6.07) is -0.101. The first-order valence-corrected chi connectivity index (χ1v) is 16.1. The molecule has 0 radical (unpaired) electrons. The molecule has 1 saturated heterocycles. The number of thiophene rings is 1. The van der Waals surface area contributed by atoms with Crippen LogP contribution in [0.4, 0.5) is 5.00 Å². The maximum atomic E-state index is 13.7. The quantitative estimate of drug-likeness (QED) is 0.500. The third-order valence-corrected chi connectivity index (χ3v) is 10.8. The SMILES string of the molecule is CC(C)CCN1C(=O)C(C2=NS(=O)(=O)c3c(CNS(C)(=O)=O)csc3N2)C(=O)[C@@H]2[C@@H]3CC[C@@H](C3)[C@@H]21. The number of amidine groups is 1. The maximum Gasteiger partial charge on any atom is 0.287 e. The number of nitrogens with zero attached hydrogens (tertiary/aromatic N) is 2. The van der Waals surface area contributed by atoms with Crippen LogP contribution in [0.25, 0.3) is 0 Å². The average Bonchev–Trinajstić information content (AvgIpc) is 3.46. The zero-order valence-electron chi connectivity index (χ0n) is 19.9. The number of nitrogens with one attached hydrogen (secondary N) is 2. The first-order valence-electron chi connectivity index (χ1n) is 11.9. The Balaban J connectivity index is 1.48. The summed E-state index contributed by atoms with van der Waals surface area (Å²) in [5.41, 5.74) is 0.263. The lowest BCUT2D eigenvalue weighted by molar-refractivity contribution is -0.152. The van der Waals surface area contributed by atoms with Gasteiger partial charge < -0.3 is 10.2 Å². The lowest BCUT2D eigenvalue weighted by Crippen LogP contribution is -2.62. The molecule has 13 heteroatoms. The van der Waals surface area contributed by atoms with E-state index >= 15 is 0 Å². The van der Waals surface area contributed by atoms with Crippen LogP contribution in [0.3, 0.4) is 0 Å². The Kier molecular flexibility index (Phi) is 6.13. The van der Waals surface area contributed by atoms with Crippen molar-refractivity contribution in [2.45, 2.75) is 57.0 Å². The van der Waals surface area contributed by atoms with E-state index in [9.17, 15) is 26.4 Å². The fourth-order valence-electron chi connectivity index (χ4n) is 6.17. The van der Waals surface area contributed by atoms with E-state index in [1.165, 1.54) is 5.38 Å². The van der Waals surface area contributed by atoms with Gasteiger partial charge >= 0.3 is 0 Å². The largest absolute Gasteiger partial charge is 0.338 e. The van der Waals surface area contributed by atoms with Crippen LogP contribution < -0.4 is 10.0 Å². The number of carbonyl (C=O) groups excluding carboxylic acids is 2. The molecule has 4 aliphatic rings. The van der Waals surface area contributed by atoms with Gasteiger partial charge in [0.2, 0.25) is 15.9 Å². The normalized spacial score (nSPS) is 31.4. The molecule has 192 valence electrons. The number of sulfonamides is 2. The molecular weight excluding hydrogens is 512 g/mol. The van der Waals surface area contributed by atoms with Gasteiger partial charge in [-0.05, 0) is 48.8 Å². The molecule has 5 atom stereocenters. The molecule has 35 heavy (non-hydrogen) atoms. The average molecular weight is 543 g/mol. The number of carbonyl (C=O) groups is 2. The highest BCUT2D eigenvalue weighted by Crippen LogP contribution is 2.54. The van der Waals surface area contributed by atoms with E-state index in [1.807, 2.05) is 4.90 Å². The van der Waals surface area contributed by atoms with Crippen LogP contribution in [0, 0.1) is 29.6 Å². The lowest BCUT2D eigenvalue weighted by Gasteiger charge is -2.46. The number of ketones is 1. The third kappa shape index (κ3) is 4.34. The zero-order chi connectivity index (χ0) is 25.3. The Bertz CT molecular complexity index is 1320. The van der Waals surface area contributed by atoms with Gasteiger partial charge in [0, 0.05) is 30.6 Å². The van der Waals surface area contributed by atoms with E-state index in [2.05, 4.69) is 28.3 Å². The molecule has 2 N–H and O–H groups in total. The number of likely N-dealkylation sites (tertiary alicyclic amines) is 1. The zero-order valence-corrected chi connectivity index (χ0v) is 22.3. The fourth-order valence-corrected chi connectivity index (χ4v) is 9.23. The Morgan fingerprint density at radius 1 is 1.26 bits per heavy atom. The van der Waals surface area contributed by atoms with E-state index < -0.39 is 26.0 Å². The van der Waals surface area contributed by atoms with Crippen LogP contribution in [0.15, 0.2) is 14.7 Å². The van der Waals surface area contributed by atoms with E-state index in [0.717, 1.165) is 43.3 Å². The van der Waals surface area contributed by atoms with Gasteiger partial charge in [0.1, 0.15) is 15.7 Å². The van der Waals surface area contributed by atoms with Crippen molar-refractivity contribution in [2.75, 3.05) is 18.1 Å². The Morgan fingerprint density at radius 2 is 1.97 bits per heavy atom. The second kappa shape index (κ2) is 8.63. The molecule has 0 spiro atoms. The second-order valence-electron chi connectivity index (χ2n) is 10.5. The van der Waals surface area contributed by atoms with Gasteiger partial charge in [-0.15, -0.1) is 15.7 Å². The third-order valence-electron chi connectivity index (χ3n) is 7.66. The minimum absolute atomic E-state index is 0.101. The van der Waals surface area contributed by atoms with Crippen LogP contribution in [0.1, 0.15) is 45.1 Å². The van der Waals surface area contributed by atoms with Gasteiger partial charge in [0.15, 0.2) is 11.7 Å². The van der Waals surface area contributed by atoms with Crippen molar-refractivity contribution in [1.29, 1.82) is 0 Å². The first kappa shape index (κ1) is 24.8. The summed E-state index contributed by atoms with van der Waals surface area (Å²) in [5, 5.41) is 4.73. The Hall–Kier alpha value is -1.83. The van der Waals surface area contributed by atoms with Gasteiger partial charge in [-0.25, -0.2) is 13.1 Å². The Labute approximate surface area is 209 Å². The molecule has 1 amide bonds. The standard InChI is InChI=1S/C22H30N4O6S3/c1-11(2)6-7-26-17-13-5-4-12(8-13)15(17)18(27)16(22(26)28)20-24-21-19(35(31,32)25-20)14(10-33-21)9-23-34(3,29)30/h10-13,15-17,23H,4-9H2,1-3H3,(H,24,25)/t12-,13+,15-,16?,17+/m1/s1. The molecule has 3 heterocycles. The minimum Gasteiger partial charge on any atom is -0.338 e. The van der Waals surface area contributed by atoms with E-state index in [-0.39, 0.29) is 57.4 Å². The van der Waals surface area contributed by atoms with Gasteiger partial charge in [0.25, 0.3) is 10.0 Å². The summed E-state index contributed by atoms with van der Waals surface area (Å²) >= 11 is 1.08.